The number of ether oxygens (including phenoxy) is 1. The van der Waals surface area contributed by atoms with Crippen LogP contribution in [0, 0.1) is 0 Å². The SMILES string of the molecule is C=C(C)CNC(=NCc1ccc(OC)cc1)NCCc1ccco1.I. The third kappa shape index (κ3) is 8.11. The molecule has 0 aliphatic rings. The van der Waals surface area contributed by atoms with E-state index in [0.717, 1.165) is 41.6 Å². The van der Waals surface area contributed by atoms with Crippen LogP contribution < -0.4 is 15.4 Å². The second-order valence-corrected chi connectivity index (χ2v) is 5.58. The largest absolute Gasteiger partial charge is 0.497 e. The van der Waals surface area contributed by atoms with Gasteiger partial charge in [-0.15, -0.1) is 24.0 Å². The van der Waals surface area contributed by atoms with Gasteiger partial charge in [-0.1, -0.05) is 24.3 Å². The Morgan fingerprint density at radius 1 is 1.20 bits per heavy atom. The maximum absolute atomic E-state index is 5.34. The fourth-order valence-corrected chi connectivity index (χ4v) is 2.07. The molecule has 2 aromatic rings. The van der Waals surface area contributed by atoms with Crippen molar-refractivity contribution in [2.24, 2.45) is 4.99 Å². The minimum atomic E-state index is 0. The van der Waals surface area contributed by atoms with E-state index < -0.39 is 0 Å². The zero-order valence-electron chi connectivity index (χ0n) is 14.7. The van der Waals surface area contributed by atoms with Crippen LogP contribution in [0.3, 0.4) is 0 Å². The third-order valence-electron chi connectivity index (χ3n) is 3.38. The number of aliphatic imine (C=N–C) groups is 1. The van der Waals surface area contributed by atoms with E-state index in [0.29, 0.717) is 13.1 Å². The normalized spacial score (nSPS) is 10.7. The number of furan rings is 1. The van der Waals surface area contributed by atoms with Crippen molar-refractivity contribution < 1.29 is 9.15 Å². The van der Waals surface area contributed by atoms with E-state index in [9.17, 15) is 0 Å². The molecule has 0 spiro atoms. The highest BCUT2D eigenvalue weighted by molar-refractivity contribution is 14.0. The molecule has 0 bridgehead atoms. The number of hydrogen-bond donors (Lipinski definition) is 2. The van der Waals surface area contributed by atoms with Crippen molar-refractivity contribution in [1.29, 1.82) is 0 Å². The van der Waals surface area contributed by atoms with Gasteiger partial charge >= 0.3 is 0 Å². The molecule has 1 aromatic carbocycles. The minimum Gasteiger partial charge on any atom is -0.497 e. The summed E-state index contributed by atoms with van der Waals surface area (Å²) in [6.45, 7) is 7.93. The quantitative estimate of drug-likeness (QED) is 0.276. The molecule has 25 heavy (non-hydrogen) atoms. The number of guanidine groups is 1. The molecule has 2 N–H and O–H groups in total. The number of halogens is 1. The molecule has 0 atom stereocenters. The predicted molar refractivity (Wildman–Crippen MR) is 113 cm³/mol. The van der Waals surface area contributed by atoms with Crippen molar-refractivity contribution in [2.45, 2.75) is 19.9 Å². The van der Waals surface area contributed by atoms with Crippen LogP contribution in [0.4, 0.5) is 0 Å². The molecule has 5 nitrogen and oxygen atoms in total. The summed E-state index contributed by atoms with van der Waals surface area (Å²) in [7, 11) is 1.66. The van der Waals surface area contributed by atoms with Gasteiger partial charge in [0, 0.05) is 19.5 Å². The van der Waals surface area contributed by atoms with E-state index in [4.69, 9.17) is 9.15 Å². The number of rotatable bonds is 8. The van der Waals surface area contributed by atoms with Crippen molar-refractivity contribution in [3.63, 3.8) is 0 Å². The standard InChI is InChI=1S/C19H25N3O2.HI/c1-15(2)13-21-19(20-11-10-18-5-4-12-24-18)22-14-16-6-8-17(23-3)9-7-16;/h4-9,12H,1,10-11,13-14H2,2-3H3,(H2,20,21,22);1H. The molecule has 1 heterocycles. The van der Waals surface area contributed by atoms with E-state index in [1.54, 1.807) is 13.4 Å². The molecule has 1 aromatic heterocycles. The van der Waals surface area contributed by atoms with Crippen molar-refractivity contribution in [2.75, 3.05) is 20.2 Å². The maximum Gasteiger partial charge on any atom is 0.191 e. The first-order chi connectivity index (χ1) is 11.7. The van der Waals surface area contributed by atoms with Crippen molar-refractivity contribution >= 4 is 29.9 Å². The lowest BCUT2D eigenvalue weighted by atomic mass is 10.2. The summed E-state index contributed by atoms with van der Waals surface area (Å²) in [5.41, 5.74) is 2.18. The van der Waals surface area contributed by atoms with E-state index in [1.165, 1.54) is 0 Å². The second-order valence-electron chi connectivity index (χ2n) is 5.58. The van der Waals surface area contributed by atoms with Gasteiger partial charge in [0.05, 0.1) is 19.9 Å². The van der Waals surface area contributed by atoms with Crippen LogP contribution in [-0.4, -0.2) is 26.2 Å². The first-order valence-electron chi connectivity index (χ1n) is 7.99. The molecule has 0 radical (unpaired) electrons. The molecule has 136 valence electrons. The highest BCUT2D eigenvalue weighted by Crippen LogP contribution is 2.11. The van der Waals surface area contributed by atoms with Crippen LogP contribution in [0.2, 0.25) is 0 Å². The Bertz CT molecular complexity index is 652. The van der Waals surface area contributed by atoms with E-state index >= 15 is 0 Å². The highest BCUT2D eigenvalue weighted by atomic mass is 127. The fraction of sp³-hybridized carbons (Fsp3) is 0.316. The van der Waals surface area contributed by atoms with Gasteiger partial charge in [0.15, 0.2) is 5.96 Å². The van der Waals surface area contributed by atoms with Crippen LogP contribution in [0.5, 0.6) is 5.75 Å². The molecule has 0 fully saturated rings. The Morgan fingerprint density at radius 3 is 2.56 bits per heavy atom. The molecular formula is C19H26IN3O2. The monoisotopic (exact) mass is 455 g/mol. The number of nitrogens with zero attached hydrogens (tertiary/aromatic N) is 1. The van der Waals surface area contributed by atoms with E-state index in [-0.39, 0.29) is 24.0 Å². The van der Waals surface area contributed by atoms with E-state index in [2.05, 4.69) is 22.2 Å². The lowest BCUT2D eigenvalue weighted by Gasteiger charge is -2.12. The van der Waals surface area contributed by atoms with Gasteiger partial charge in [0.2, 0.25) is 0 Å². The molecule has 0 aliphatic carbocycles. The summed E-state index contributed by atoms with van der Waals surface area (Å²) >= 11 is 0. The van der Waals surface area contributed by atoms with Crippen LogP contribution in [0.1, 0.15) is 18.2 Å². The molecule has 0 saturated carbocycles. The molecule has 0 amide bonds. The average Bonchev–Trinajstić information content (AvgIpc) is 3.10. The van der Waals surface area contributed by atoms with Gasteiger partial charge in [0.1, 0.15) is 11.5 Å². The smallest absolute Gasteiger partial charge is 0.191 e. The zero-order chi connectivity index (χ0) is 17.2. The summed E-state index contributed by atoms with van der Waals surface area (Å²) in [5.74, 6) is 2.57. The lowest BCUT2D eigenvalue weighted by Crippen LogP contribution is -2.39. The molecule has 0 aliphatic heterocycles. The van der Waals surface area contributed by atoms with Crippen molar-refractivity contribution in [3.05, 3.63) is 66.1 Å². The summed E-state index contributed by atoms with van der Waals surface area (Å²) in [6.07, 6.45) is 2.50. The lowest BCUT2D eigenvalue weighted by molar-refractivity contribution is 0.414. The highest BCUT2D eigenvalue weighted by Gasteiger charge is 2.01. The van der Waals surface area contributed by atoms with Crippen LogP contribution >= 0.6 is 24.0 Å². The van der Waals surface area contributed by atoms with Gasteiger partial charge < -0.3 is 19.8 Å². The number of hydrogen-bond acceptors (Lipinski definition) is 3. The summed E-state index contributed by atoms with van der Waals surface area (Å²) in [6, 6.07) is 11.8. The van der Waals surface area contributed by atoms with Gasteiger partial charge in [-0.3, -0.25) is 0 Å². The van der Waals surface area contributed by atoms with Crippen molar-refractivity contribution in [1.82, 2.24) is 10.6 Å². The van der Waals surface area contributed by atoms with Gasteiger partial charge in [0.25, 0.3) is 0 Å². The first kappa shape index (κ1) is 21.1. The van der Waals surface area contributed by atoms with Gasteiger partial charge in [-0.25, -0.2) is 4.99 Å². The summed E-state index contributed by atoms with van der Waals surface area (Å²) in [5, 5.41) is 6.60. The third-order valence-corrected chi connectivity index (χ3v) is 3.38. The van der Waals surface area contributed by atoms with Crippen LogP contribution in [-0.2, 0) is 13.0 Å². The second kappa shape index (κ2) is 11.6. The molecule has 0 saturated heterocycles. The molecular weight excluding hydrogens is 429 g/mol. The average molecular weight is 455 g/mol. The summed E-state index contributed by atoms with van der Waals surface area (Å²) < 4.78 is 10.5. The molecule has 2 rings (SSSR count). The Kier molecular flexibility index (Phi) is 9.76. The Labute approximate surface area is 166 Å². The first-order valence-corrected chi connectivity index (χ1v) is 7.99. The molecule has 0 unspecified atom stereocenters. The number of nitrogens with one attached hydrogen (secondary N) is 2. The summed E-state index contributed by atoms with van der Waals surface area (Å²) in [4.78, 5) is 4.62. The molecule has 6 heteroatoms. The Balaban J connectivity index is 0.00000312. The Morgan fingerprint density at radius 2 is 1.96 bits per heavy atom. The van der Waals surface area contributed by atoms with Crippen LogP contribution in [0.25, 0.3) is 0 Å². The van der Waals surface area contributed by atoms with Crippen LogP contribution in [0.15, 0.2) is 64.2 Å². The minimum absolute atomic E-state index is 0. The fourth-order valence-electron chi connectivity index (χ4n) is 2.07. The number of benzene rings is 1. The van der Waals surface area contributed by atoms with Crippen molar-refractivity contribution in [3.8, 4) is 5.75 Å². The number of methoxy groups -OCH3 is 1. The van der Waals surface area contributed by atoms with E-state index in [1.807, 2.05) is 43.3 Å². The van der Waals surface area contributed by atoms with Gasteiger partial charge in [-0.2, -0.15) is 0 Å². The maximum atomic E-state index is 5.34. The Hall–Kier alpha value is -1.96. The zero-order valence-corrected chi connectivity index (χ0v) is 17.1. The predicted octanol–water partition coefficient (Wildman–Crippen LogP) is 3.76. The topological polar surface area (TPSA) is 58.8 Å². The van der Waals surface area contributed by atoms with Gasteiger partial charge in [-0.05, 0) is 36.8 Å².